The highest BCUT2D eigenvalue weighted by atomic mass is 16.4. The summed E-state index contributed by atoms with van der Waals surface area (Å²) in [6, 6.07) is 6.71. The molecule has 1 aromatic carbocycles. The van der Waals surface area contributed by atoms with E-state index in [0.717, 1.165) is 19.3 Å². The van der Waals surface area contributed by atoms with Crippen molar-refractivity contribution in [1.29, 1.82) is 0 Å². The van der Waals surface area contributed by atoms with Gasteiger partial charge in [0.05, 0.1) is 0 Å². The minimum atomic E-state index is -0.0624. The van der Waals surface area contributed by atoms with Crippen LogP contribution in [0.3, 0.4) is 0 Å². The van der Waals surface area contributed by atoms with E-state index in [2.05, 4.69) is 17.4 Å². The van der Waals surface area contributed by atoms with Crippen LogP contribution in [-0.4, -0.2) is 22.5 Å². The van der Waals surface area contributed by atoms with Gasteiger partial charge in [-0.2, -0.15) is 0 Å². The largest absolute Gasteiger partial charge is 0.409 e. The number of amides is 1. The maximum Gasteiger partial charge on any atom is 0.251 e. The Morgan fingerprint density at radius 3 is 2.37 bits per heavy atom. The standard InChI is InChI=1S/C14H19N3O2/c1-2-14(8-3-9-14)16-13(18)11-6-4-10(5-7-11)12(15)17-19/h4-7,19H,2-3,8-9H2,1H3,(H2,15,17)(H,16,18). The van der Waals surface area contributed by atoms with Gasteiger partial charge in [-0.05, 0) is 37.8 Å². The quantitative estimate of drug-likeness (QED) is 0.334. The molecule has 0 aliphatic heterocycles. The first-order chi connectivity index (χ1) is 9.10. The summed E-state index contributed by atoms with van der Waals surface area (Å²) < 4.78 is 0. The third-order valence-electron chi connectivity index (χ3n) is 3.92. The number of carbonyl (C=O) groups excluding carboxylic acids is 1. The molecule has 0 saturated heterocycles. The van der Waals surface area contributed by atoms with E-state index in [1.807, 2.05) is 0 Å². The third kappa shape index (κ3) is 2.70. The molecule has 19 heavy (non-hydrogen) atoms. The fourth-order valence-electron chi connectivity index (χ4n) is 2.33. The lowest BCUT2D eigenvalue weighted by atomic mass is 9.74. The summed E-state index contributed by atoms with van der Waals surface area (Å²) in [5.41, 5.74) is 6.64. The van der Waals surface area contributed by atoms with E-state index in [0.29, 0.717) is 11.1 Å². The van der Waals surface area contributed by atoms with E-state index >= 15 is 0 Å². The molecule has 0 radical (unpaired) electrons. The molecule has 1 aromatic rings. The van der Waals surface area contributed by atoms with Gasteiger partial charge in [-0.3, -0.25) is 4.79 Å². The molecule has 0 atom stereocenters. The molecular formula is C14H19N3O2. The number of nitrogens with two attached hydrogens (primary N) is 1. The number of hydrogen-bond acceptors (Lipinski definition) is 3. The van der Waals surface area contributed by atoms with Crippen LogP contribution in [0.1, 0.15) is 48.5 Å². The Morgan fingerprint density at radius 1 is 1.37 bits per heavy atom. The SMILES string of the molecule is CCC1(NC(=O)c2ccc(/C(N)=N/O)cc2)CCC1. The average Bonchev–Trinajstić information content (AvgIpc) is 2.42. The summed E-state index contributed by atoms with van der Waals surface area (Å²) in [4.78, 5) is 12.1. The summed E-state index contributed by atoms with van der Waals surface area (Å²) in [6.45, 7) is 2.10. The highest BCUT2D eigenvalue weighted by molar-refractivity contribution is 5.99. The molecule has 1 saturated carbocycles. The Labute approximate surface area is 112 Å². The molecule has 1 amide bonds. The van der Waals surface area contributed by atoms with Crippen molar-refractivity contribution in [1.82, 2.24) is 5.32 Å². The van der Waals surface area contributed by atoms with Crippen molar-refractivity contribution in [2.24, 2.45) is 10.9 Å². The Hall–Kier alpha value is -2.04. The second-order valence-corrected chi connectivity index (χ2v) is 5.00. The fraction of sp³-hybridized carbons (Fsp3) is 0.429. The van der Waals surface area contributed by atoms with E-state index < -0.39 is 0 Å². The second-order valence-electron chi connectivity index (χ2n) is 5.00. The van der Waals surface area contributed by atoms with E-state index in [1.54, 1.807) is 24.3 Å². The number of benzene rings is 1. The van der Waals surface area contributed by atoms with Crippen molar-refractivity contribution in [3.05, 3.63) is 35.4 Å². The summed E-state index contributed by atoms with van der Waals surface area (Å²) in [5.74, 6) is -0.0245. The van der Waals surface area contributed by atoms with Gasteiger partial charge in [-0.25, -0.2) is 0 Å². The van der Waals surface area contributed by atoms with Crippen molar-refractivity contribution >= 4 is 11.7 Å². The van der Waals surface area contributed by atoms with Gasteiger partial charge in [0, 0.05) is 16.7 Å². The van der Waals surface area contributed by atoms with Crippen molar-refractivity contribution in [2.75, 3.05) is 0 Å². The first-order valence-corrected chi connectivity index (χ1v) is 6.51. The molecule has 1 aliphatic carbocycles. The number of amidine groups is 1. The lowest BCUT2D eigenvalue weighted by molar-refractivity contribution is 0.0820. The van der Waals surface area contributed by atoms with Gasteiger partial charge in [-0.15, -0.1) is 0 Å². The van der Waals surface area contributed by atoms with E-state index in [4.69, 9.17) is 10.9 Å². The third-order valence-corrected chi connectivity index (χ3v) is 3.92. The molecule has 0 aromatic heterocycles. The predicted molar refractivity (Wildman–Crippen MR) is 73.3 cm³/mol. The van der Waals surface area contributed by atoms with Crippen LogP contribution >= 0.6 is 0 Å². The molecule has 0 unspecified atom stereocenters. The van der Waals surface area contributed by atoms with Crippen LogP contribution in [0, 0.1) is 0 Å². The molecule has 1 aliphatic rings. The predicted octanol–water partition coefficient (Wildman–Crippen LogP) is 1.84. The van der Waals surface area contributed by atoms with Crippen molar-refractivity contribution < 1.29 is 10.0 Å². The van der Waals surface area contributed by atoms with E-state index in [-0.39, 0.29) is 17.3 Å². The zero-order chi connectivity index (χ0) is 13.9. The minimum absolute atomic E-state index is 0.0126. The molecule has 5 nitrogen and oxygen atoms in total. The number of rotatable bonds is 4. The van der Waals surface area contributed by atoms with E-state index in [1.165, 1.54) is 6.42 Å². The minimum Gasteiger partial charge on any atom is -0.409 e. The molecule has 0 heterocycles. The molecule has 4 N–H and O–H groups in total. The van der Waals surface area contributed by atoms with Gasteiger partial charge >= 0.3 is 0 Å². The lowest BCUT2D eigenvalue weighted by Crippen LogP contribution is -2.52. The zero-order valence-electron chi connectivity index (χ0n) is 11.0. The van der Waals surface area contributed by atoms with Crippen LogP contribution in [0.5, 0.6) is 0 Å². The number of nitrogens with one attached hydrogen (secondary N) is 1. The fourth-order valence-corrected chi connectivity index (χ4v) is 2.33. The highest BCUT2D eigenvalue weighted by Crippen LogP contribution is 2.34. The van der Waals surface area contributed by atoms with Gasteiger partial charge in [0.15, 0.2) is 5.84 Å². The van der Waals surface area contributed by atoms with Gasteiger partial charge in [0.25, 0.3) is 5.91 Å². The first kappa shape index (κ1) is 13.4. The lowest BCUT2D eigenvalue weighted by Gasteiger charge is -2.42. The van der Waals surface area contributed by atoms with Gasteiger partial charge in [0.2, 0.25) is 0 Å². The van der Waals surface area contributed by atoms with E-state index in [9.17, 15) is 4.79 Å². The molecule has 102 valence electrons. The molecule has 5 heteroatoms. The van der Waals surface area contributed by atoms with Crippen LogP contribution in [0.4, 0.5) is 0 Å². The zero-order valence-corrected chi connectivity index (χ0v) is 11.0. The van der Waals surface area contributed by atoms with Crippen LogP contribution in [-0.2, 0) is 0 Å². The highest BCUT2D eigenvalue weighted by Gasteiger charge is 2.36. The summed E-state index contributed by atoms with van der Waals surface area (Å²) in [6.07, 6.45) is 4.24. The van der Waals surface area contributed by atoms with Crippen LogP contribution in [0.25, 0.3) is 0 Å². The molecule has 1 fully saturated rings. The topological polar surface area (TPSA) is 87.7 Å². The monoisotopic (exact) mass is 261 g/mol. The van der Waals surface area contributed by atoms with Crippen molar-refractivity contribution in [3.8, 4) is 0 Å². The average molecular weight is 261 g/mol. The van der Waals surface area contributed by atoms with Crippen LogP contribution in [0.2, 0.25) is 0 Å². The Morgan fingerprint density at radius 2 is 1.95 bits per heavy atom. The van der Waals surface area contributed by atoms with Gasteiger partial charge < -0.3 is 16.3 Å². The Kier molecular flexibility index (Phi) is 3.74. The summed E-state index contributed by atoms with van der Waals surface area (Å²) in [7, 11) is 0. The smallest absolute Gasteiger partial charge is 0.251 e. The summed E-state index contributed by atoms with van der Waals surface area (Å²) in [5, 5.41) is 14.6. The summed E-state index contributed by atoms with van der Waals surface area (Å²) >= 11 is 0. The Bertz CT molecular complexity index is 484. The maximum absolute atomic E-state index is 12.1. The van der Waals surface area contributed by atoms with Crippen LogP contribution < -0.4 is 11.1 Å². The number of carbonyl (C=O) groups is 1. The van der Waals surface area contributed by atoms with Crippen LogP contribution in [0.15, 0.2) is 29.4 Å². The number of nitrogens with zero attached hydrogens (tertiary/aromatic N) is 1. The first-order valence-electron chi connectivity index (χ1n) is 6.51. The number of oxime groups is 1. The van der Waals surface area contributed by atoms with Crippen molar-refractivity contribution in [3.63, 3.8) is 0 Å². The van der Waals surface area contributed by atoms with Crippen molar-refractivity contribution in [2.45, 2.75) is 38.1 Å². The molecule has 0 spiro atoms. The molecule has 2 rings (SSSR count). The molecule has 0 bridgehead atoms. The Balaban J connectivity index is 2.07. The van der Waals surface area contributed by atoms with Gasteiger partial charge in [-0.1, -0.05) is 24.2 Å². The number of hydrogen-bond donors (Lipinski definition) is 3. The normalized spacial score (nSPS) is 17.6. The van der Waals surface area contributed by atoms with Gasteiger partial charge in [0.1, 0.15) is 0 Å². The second kappa shape index (κ2) is 5.30. The maximum atomic E-state index is 12.1. The molecular weight excluding hydrogens is 242 g/mol.